The van der Waals surface area contributed by atoms with E-state index in [9.17, 15) is 14.7 Å². The van der Waals surface area contributed by atoms with Gasteiger partial charge in [-0.3, -0.25) is 19.1 Å². The molecule has 2 aromatic carbocycles. The maximum atomic E-state index is 14.1. The van der Waals surface area contributed by atoms with Crippen LogP contribution in [0.25, 0.3) is 16.7 Å². The summed E-state index contributed by atoms with van der Waals surface area (Å²) in [6.45, 7) is 3.11. The van der Waals surface area contributed by atoms with E-state index in [-0.39, 0.29) is 29.8 Å². The summed E-state index contributed by atoms with van der Waals surface area (Å²) in [4.78, 5) is 36.5. The lowest BCUT2D eigenvalue weighted by Crippen LogP contribution is -2.53. The number of carbonyl (C=O) groups is 1. The summed E-state index contributed by atoms with van der Waals surface area (Å²) in [6, 6.07) is 23.3. The number of amides is 1. The zero-order valence-corrected chi connectivity index (χ0v) is 27.8. The molecule has 0 bridgehead atoms. The van der Waals surface area contributed by atoms with Gasteiger partial charge in [0.05, 0.1) is 37.4 Å². The Labute approximate surface area is 284 Å². The van der Waals surface area contributed by atoms with Crippen molar-refractivity contribution < 1.29 is 19.4 Å². The second-order valence-electron chi connectivity index (χ2n) is 13.1. The Bertz CT molecular complexity index is 1950. The maximum Gasteiger partial charge on any atom is 0.262 e. The van der Waals surface area contributed by atoms with Gasteiger partial charge in [0.2, 0.25) is 11.8 Å². The topological polar surface area (TPSA) is 128 Å². The van der Waals surface area contributed by atoms with Crippen molar-refractivity contribution in [2.45, 2.75) is 43.9 Å². The van der Waals surface area contributed by atoms with Gasteiger partial charge in [0, 0.05) is 56.0 Å². The van der Waals surface area contributed by atoms with Crippen molar-refractivity contribution in [3.8, 4) is 17.3 Å². The summed E-state index contributed by atoms with van der Waals surface area (Å²) in [5.74, 6) is 1.20. The molecule has 2 aliphatic rings. The van der Waals surface area contributed by atoms with Crippen molar-refractivity contribution >= 4 is 16.9 Å². The number of aromatic nitrogens is 5. The first kappa shape index (κ1) is 32.5. The normalized spacial score (nSPS) is 19.5. The van der Waals surface area contributed by atoms with Gasteiger partial charge in [-0.05, 0) is 67.8 Å². The number of nitrogens with zero attached hydrogens (tertiary/aromatic N) is 7. The van der Waals surface area contributed by atoms with Gasteiger partial charge in [0.25, 0.3) is 5.56 Å². The van der Waals surface area contributed by atoms with Crippen molar-refractivity contribution in [1.29, 1.82) is 0 Å². The fourth-order valence-corrected chi connectivity index (χ4v) is 7.24. The molecule has 2 aliphatic heterocycles. The van der Waals surface area contributed by atoms with Crippen LogP contribution >= 0.6 is 0 Å². The number of ether oxygens (including phenoxy) is 2. The van der Waals surface area contributed by atoms with Crippen LogP contribution in [0.2, 0.25) is 0 Å². The minimum atomic E-state index is -1.13. The van der Waals surface area contributed by atoms with E-state index in [1.165, 1.54) is 10.9 Å². The van der Waals surface area contributed by atoms with Crippen molar-refractivity contribution in [3.63, 3.8) is 0 Å². The minimum Gasteiger partial charge on any atom is -0.497 e. The number of hydrogen-bond acceptors (Lipinski definition) is 9. The van der Waals surface area contributed by atoms with E-state index in [0.717, 1.165) is 42.2 Å². The number of piperidine rings is 2. The van der Waals surface area contributed by atoms with Crippen LogP contribution in [0.3, 0.4) is 0 Å². The molecule has 2 atom stereocenters. The Morgan fingerprint density at radius 3 is 2.41 bits per heavy atom. The highest BCUT2D eigenvalue weighted by molar-refractivity contribution is 5.80. The first-order valence-corrected chi connectivity index (χ1v) is 16.7. The number of methoxy groups -OCH3 is 2. The zero-order valence-electron chi connectivity index (χ0n) is 27.8. The van der Waals surface area contributed by atoms with Gasteiger partial charge in [-0.25, -0.2) is 4.98 Å². The van der Waals surface area contributed by atoms with Crippen LogP contribution in [0.15, 0.2) is 90.1 Å². The van der Waals surface area contributed by atoms with Crippen LogP contribution in [-0.2, 0) is 17.9 Å². The first-order chi connectivity index (χ1) is 23.8. The summed E-state index contributed by atoms with van der Waals surface area (Å²) in [6.07, 6.45) is 4.81. The van der Waals surface area contributed by atoms with Gasteiger partial charge in [0.1, 0.15) is 12.1 Å². The minimum absolute atomic E-state index is 0.0241. The average Bonchev–Trinajstić information content (AvgIpc) is 3.58. The number of hydrogen-bond donors (Lipinski definition) is 1. The van der Waals surface area contributed by atoms with Crippen molar-refractivity contribution in [2.24, 2.45) is 5.92 Å². The molecule has 0 aliphatic carbocycles. The molecule has 49 heavy (non-hydrogen) atoms. The molecular formula is C37H41N7O5. The van der Waals surface area contributed by atoms with Crippen molar-refractivity contribution in [3.05, 3.63) is 107 Å². The predicted octanol–water partition coefficient (Wildman–Crippen LogP) is 3.65. The fraction of sp³-hybridized carbons (Fsp3) is 0.378. The fourth-order valence-electron chi connectivity index (χ4n) is 7.24. The molecule has 7 rings (SSSR count). The summed E-state index contributed by atoms with van der Waals surface area (Å²) >= 11 is 0. The van der Waals surface area contributed by atoms with Crippen LogP contribution in [0.5, 0.6) is 11.6 Å². The number of carbonyl (C=O) groups excluding carboxylic acids is 1. The Hall–Kier alpha value is -5.07. The summed E-state index contributed by atoms with van der Waals surface area (Å²) < 4.78 is 13.8. The monoisotopic (exact) mass is 663 g/mol. The molecule has 254 valence electrons. The van der Waals surface area contributed by atoms with Crippen LogP contribution in [-0.4, -0.2) is 91.1 Å². The number of rotatable bonds is 9. The van der Waals surface area contributed by atoms with E-state index in [2.05, 4.69) is 32.2 Å². The van der Waals surface area contributed by atoms with Crippen molar-refractivity contribution in [1.82, 2.24) is 34.1 Å². The Morgan fingerprint density at radius 1 is 0.939 bits per heavy atom. The third-order valence-corrected chi connectivity index (χ3v) is 10.0. The van der Waals surface area contributed by atoms with E-state index in [4.69, 9.17) is 9.47 Å². The SMILES string of the molecule is COc1ccc(-n2ccc3c(=O)n(CC4(O)CCN(C(=O)[C@@H]5CCN(Cc6ccc(OC)nn6)C[C@H]5c5ccccc5)CC4)cnc32)cc1. The molecule has 2 saturated heterocycles. The molecule has 1 amide bonds. The Morgan fingerprint density at radius 2 is 1.71 bits per heavy atom. The van der Waals surface area contributed by atoms with Crippen LogP contribution < -0.4 is 15.0 Å². The lowest BCUT2D eigenvalue weighted by atomic mass is 9.79. The molecule has 1 N–H and O–H groups in total. The smallest absolute Gasteiger partial charge is 0.262 e. The number of likely N-dealkylation sites (tertiary alicyclic amines) is 2. The second kappa shape index (κ2) is 13.8. The van der Waals surface area contributed by atoms with Crippen LogP contribution in [0.1, 0.15) is 36.4 Å². The highest BCUT2D eigenvalue weighted by Gasteiger charge is 2.41. The largest absolute Gasteiger partial charge is 0.497 e. The Balaban J connectivity index is 1.01. The molecule has 5 aromatic rings. The van der Waals surface area contributed by atoms with Crippen LogP contribution in [0, 0.1) is 5.92 Å². The van der Waals surface area contributed by atoms with Gasteiger partial charge < -0.3 is 24.0 Å². The highest BCUT2D eigenvalue weighted by atomic mass is 16.5. The maximum absolute atomic E-state index is 14.1. The van der Waals surface area contributed by atoms with Gasteiger partial charge in [-0.15, -0.1) is 5.10 Å². The third kappa shape index (κ3) is 6.79. The summed E-state index contributed by atoms with van der Waals surface area (Å²) in [5.41, 5.74) is 2.08. The van der Waals surface area contributed by atoms with Crippen molar-refractivity contribution in [2.75, 3.05) is 40.4 Å². The van der Waals surface area contributed by atoms with E-state index in [1.807, 2.05) is 70.3 Å². The molecule has 3 aromatic heterocycles. The summed E-state index contributed by atoms with van der Waals surface area (Å²) in [5, 5.41) is 20.5. The molecular weight excluding hydrogens is 622 g/mol. The second-order valence-corrected chi connectivity index (χ2v) is 13.1. The molecule has 12 heteroatoms. The van der Waals surface area contributed by atoms with Gasteiger partial charge in [0.15, 0.2) is 5.65 Å². The highest BCUT2D eigenvalue weighted by Crippen LogP contribution is 2.36. The first-order valence-electron chi connectivity index (χ1n) is 16.7. The molecule has 0 saturated carbocycles. The van der Waals surface area contributed by atoms with Gasteiger partial charge in [-0.2, -0.15) is 5.10 Å². The lowest BCUT2D eigenvalue weighted by molar-refractivity contribution is -0.142. The zero-order chi connectivity index (χ0) is 34.0. The van der Waals surface area contributed by atoms with E-state index < -0.39 is 5.60 Å². The molecule has 0 radical (unpaired) electrons. The molecule has 0 unspecified atom stereocenters. The third-order valence-electron chi connectivity index (χ3n) is 10.0. The quantitative estimate of drug-likeness (QED) is 0.251. The molecule has 2 fully saturated rings. The van der Waals surface area contributed by atoms with E-state index in [1.54, 1.807) is 20.3 Å². The van der Waals surface area contributed by atoms with Gasteiger partial charge >= 0.3 is 0 Å². The summed E-state index contributed by atoms with van der Waals surface area (Å²) in [7, 11) is 3.19. The van der Waals surface area contributed by atoms with Gasteiger partial charge in [-0.1, -0.05) is 30.3 Å². The van der Waals surface area contributed by atoms with Crippen LogP contribution in [0.4, 0.5) is 0 Å². The standard InChI is InChI=1S/C37H41N7O5/c1-48-29-11-9-28(10-12-29)44-19-15-31-34(44)38-25-43(36(31)46)24-37(47)16-20-42(21-17-37)35(45)30-14-18-41(22-27-8-13-33(49-2)40-39-27)23-32(30)26-6-4-3-5-7-26/h3-13,15,19,25,30,32,47H,14,16-18,20-24H2,1-2H3/t30-,32+/m1/s1. The predicted molar refractivity (Wildman–Crippen MR) is 184 cm³/mol. The molecule has 5 heterocycles. The molecule has 0 spiro atoms. The lowest BCUT2D eigenvalue weighted by Gasteiger charge is -2.43. The average molecular weight is 664 g/mol. The number of fused-ring (bicyclic) bond motifs is 1. The Kier molecular flexibility index (Phi) is 9.15. The van der Waals surface area contributed by atoms with E-state index in [0.29, 0.717) is 49.4 Å². The number of aliphatic hydroxyl groups is 1. The van der Waals surface area contributed by atoms with E-state index >= 15 is 0 Å². The number of benzene rings is 2. The molecule has 12 nitrogen and oxygen atoms in total.